The molecule has 3 aromatic rings. The van der Waals surface area contributed by atoms with Crippen molar-refractivity contribution in [2.75, 3.05) is 13.1 Å². The summed E-state index contributed by atoms with van der Waals surface area (Å²) < 4.78 is 21.1. The number of piperidine rings is 1. The molecule has 1 N–H and O–H groups in total. The molecular formula is C22H24FN3O2. The number of aromatic amines is 1. The topological polar surface area (TPSA) is 58.2 Å². The number of nitrogens with zero attached hydrogens (tertiary/aromatic N) is 2. The van der Waals surface area contributed by atoms with Gasteiger partial charge in [-0.05, 0) is 48.6 Å². The van der Waals surface area contributed by atoms with E-state index >= 15 is 4.39 Å². The molecule has 0 spiro atoms. The van der Waals surface area contributed by atoms with Crippen molar-refractivity contribution in [3.8, 4) is 5.75 Å². The molecule has 5 nitrogen and oxygen atoms in total. The number of aromatic nitrogens is 2. The van der Waals surface area contributed by atoms with E-state index in [9.17, 15) is 4.79 Å². The molecule has 1 fully saturated rings. The Kier molecular flexibility index (Phi) is 5.39. The van der Waals surface area contributed by atoms with E-state index in [4.69, 9.17) is 4.74 Å². The Balaban J connectivity index is 1.46. The first-order chi connectivity index (χ1) is 13.7. The van der Waals surface area contributed by atoms with Gasteiger partial charge in [0.15, 0.2) is 11.6 Å². The molecule has 146 valence electrons. The summed E-state index contributed by atoms with van der Waals surface area (Å²) in [7, 11) is 0. The molecule has 0 atom stereocenters. The van der Waals surface area contributed by atoms with Crippen LogP contribution in [0, 0.1) is 5.82 Å². The molecule has 1 aliphatic rings. The Morgan fingerprint density at radius 3 is 2.82 bits per heavy atom. The van der Waals surface area contributed by atoms with Crippen molar-refractivity contribution in [2.45, 2.75) is 38.8 Å². The molecule has 1 aliphatic heterocycles. The highest BCUT2D eigenvalue weighted by atomic mass is 19.1. The lowest BCUT2D eigenvalue weighted by Crippen LogP contribution is -2.37. The normalized spacial score (nSPS) is 15.8. The van der Waals surface area contributed by atoms with Crippen LogP contribution in [0.25, 0.3) is 10.8 Å². The lowest BCUT2D eigenvalue weighted by Gasteiger charge is -2.32. The third-order valence-corrected chi connectivity index (χ3v) is 5.39. The SMILES string of the molecule is CCc1c[nH]c(=O)c2ccc(OC3CCN(Cc4cccnc4)CC3)c(F)c12. The zero-order valence-electron chi connectivity index (χ0n) is 16.0. The number of rotatable bonds is 5. The number of likely N-dealkylation sites (tertiary alicyclic amines) is 1. The molecule has 0 saturated carbocycles. The predicted octanol–water partition coefficient (Wildman–Crippen LogP) is 3.67. The molecular weight excluding hydrogens is 357 g/mol. The number of ether oxygens (including phenoxy) is 1. The maximum absolute atomic E-state index is 15.1. The number of hydrogen-bond donors (Lipinski definition) is 1. The van der Waals surface area contributed by atoms with Crippen molar-refractivity contribution < 1.29 is 9.13 Å². The summed E-state index contributed by atoms with van der Waals surface area (Å²) in [4.78, 5) is 21.2. The molecule has 0 bridgehead atoms. The third kappa shape index (κ3) is 3.78. The first-order valence-electron chi connectivity index (χ1n) is 9.76. The summed E-state index contributed by atoms with van der Waals surface area (Å²) in [6.07, 6.45) is 7.56. The van der Waals surface area contributed by atoms with Crippen LogP contribution in [0.1, 0.15) is 30.9 Å². The van der Waals surface area contributed by atoms with Gasteiger partial charge in [-0.15, -0.1) is 0 Å². The van der Waals surface area contributed by atoms with Crippen LogP contribution in [-0.4, -0.2) is 34.1 Å². The number of pyridine rings is 2. The van der Waals surface area contributed by atoms with Crippen molar-refractivity contribution >= 4 is 10.8 Å². The first-order valence-corrected chi connectivity index (χ1v) is 9.76. The Bertz CT molecular complexity index is 1010. The molecule has 0 radical (unpaired) electrons. The van der Waals surface area contributed by atoms with Crippen LogP contribution in [0.3, 0.4) is 0 Å². The fraction of sp³-hybridized carbons (Fsp3) is 0.364. The highest BCUT2D eigenvalue weighted by Crippen LogP contribution is 2.29. The zero-order valence-corrected chi connectivity index (χ0v) is 16.0. The van der Waals surface area contributed by atoms with E-state index in [0.717, 1.165) is 38.0 Å². The molecule has 0 amide bonds. The number of aryl methyl sites for hydroxylation is 1. The number of H-pyrrole nitrogens is 1. The monoisotopic (exact) mass is 381 g/mol. The van der Waals surface area contributed by atoms with Crippen molar-refractivity contribution in [1.29, 1.82) is 0 Å². The van der Waals surface area contributed by atoms with Gasteiger partial charge in [0, 0.05) is 43.6 Å². The smallest absolute Gasteiger partial charge is 0.255 e. The summed E-state index contributed by atoms with van der Waals surface area (Å²) >= 11 is 0. The molecule has 3 heterocycles. The molecule has 1 aromatic carbocycles. The van der Waals surface area contributed by atoms with Crippen LogP contribution in [0.2, 0.25) is 0 Å². The highest BCUT2D eigenvalue weighted by molar-refractivity contribution is 5.86. The molecule has 1 saturated heterocycles. The van der Waals surface area contributed by atoms with Crippen LogP contribution in [0.15, 0.2) is 47.7 Å². The quantitative estimate of drug-likeness (QED) is 0.733. The van der Waals surface area contributed by atoms with Gasteiger partial charge in [-0.1, -0.05) is 13.0 Å². The Hall–Kier alpha value is -2.73. The van der Waals surface area contributed by atoms with E-state index in [0.29, 0.717) is 17.2 Å². The second-order valence-electron chi connectivity index (χ2n) is 7.25. The van der Waals surface area contributed by atoms with Gasteiger partial charge in [0.05, 0.1) is 5.39 Å². The van der Waals surface area contributed by atoms with Crippen molar-refractivity contribution in [2.24, 2.45) is 0 Å². The summed E-state index contributed by atoms with van der Waals surface area (Å²) in [5.74, 6) is -0.197. The summed E-state index contributed by atoms with van der Waals surface area (Å²) in [5, 5.41) is 0.744. The van der Waals surface area contributed by atoms with Gasteiger partial charge in [0.1, 0.15) is 6.10 Å². The number of hydrogen-bond acceptors (Lipinski definition) is 4. The summed E-state index contributed by atoms with van der Waals surface area (Å²) in [5.41, 5.74) is 1.70. The molecule has 28 heavy (non-hydrogen) atoms. The average Bonchev–Trinajstić information content (AvgIpc) is 2.73. The van der Waals surface area contributed by atoms with Gasteiger partial charge in [-0.3, -0.25) is 14.7 Å². The van der Waals surface area contributed by atoms with E-state index < -0.39 is 5.82 Å². The zero-order chi connectivity index (χ0) is 19.5. The summed E-state index contributed by atoms with van der Waals surface area (Å²) in [6.45, 7) is 4.61. The predicted molar refractivity (Wildman–Crippen MR) is 107 cm³/mol. The van der Waals surface area contributed by atoms with E-state index in [1.54, 1.807) is 24.5 Å². The lowest BCUT2D eigenvalue weighted by atomic mass is 10.0. The van der Waals surface area contributed by atoms with E-state index in [-0.39, 0.29) is 17.4 Å². The second kappa shape index (κ2) is 8.10. The fourth-order valence-corrected chi connectivity index (χ4v) is 3.85. The molecule has 4 rings (SSSR count). The van der Waals surface area contributed by atoms with Gasteiger partial charge in [0.2, 0.25) is 0 Å². The Morgan fingerprint density at radius 2 is 2.11 bits per heavy atom. The number of halogens is 1. The Labute approximate surface area is 163 Å². The second-order valence-corrected chi connectivity index (χ2v) is 7.25. The fourth-order valence-electron chi connectivity index (χ4n) is 3.85. The van der Waals surface area contributed by atoms with Crippen molar-refractivity contribution in [3.63, 3.8) is 0 Å². The van der Waals surface area contributed by atoms with Gasteiger partial charge in [0.25, 0.3) is 5.56 Å². The van der Waals surface area contributed by atoms with E-state index in [1.807, 2.05) is 19.2 Å². The molecule has 0 unspecified atom stereocenters. The van der Waals surface area contributed by atoms with Crippen LogP contribution < -0.4 is 10.3 Å². The minimum atomic E-state index is -0.432. The molecule has 0 aliphatic carbocycles. The standard InChI is InChI=1S/C22H24FN3O2/c1-2-16-13-25-22(27)18-5-6-19(21(23)20(16)18)28-17-7-10-26(11-8-17)14-15-4-3-9-24-12-15/h3-6,9,12-13,17H,2,7-8,10-11,14H2,1H3,(H,25,27). The highest BCUT2D eigenvalue weighted by Gasteiger charge is 2.23. The third-order valence-electron chi connectivity index (χ3n) is 5.39. The van der Waals surface area contributed by atoms with Gasteiger partial charge in [-0.2, -0.15) is 0 Å². The number of fused-ring (bicyclic) bond motifs is 1. The van der Waals surface area contributed by atoms with Gasteiger partial charge >= 0.3 is 0 Å². The molecule has 2 aromatic heterocycles. The van der Waals surface area contributed by atoms with Crippen LogP contribution >= 0.6 is 0 Å². The number of benzene rings is 1. The largest absolute Gasteiger partial charge is 0.487 e. The summed E-state index contributed by atoms with van der Waals surface area (Å²) in [6, 6.07) is 7.26. The first kappa shape index (κ1) is 18.6. The van der Waals surface area contributed by atoms with Crippen LogP contribution in [-0.2, 0) is 13.0 Å². The maximum atomic E-state index is 15.1. The van der Waals surface area contributed by atoms with Gasteiger partial charge in [-0.25, -0.2) is 4.39 Å². The Morgan fingerprint density at radius 1 is 1.29 bits per heavy atom. The van der Waals surface area contributed by atoms with Crippen LogP contribution in [0.5, 0.6) is 5.75 Å². The lowest BCUT2D eigenvalue weighted by molar-refractivity contribution is 0.0937. The number of nitrogens with one attached hydrogen (secondary N) is 1. The van der Waals surface area contributed by atoms with E-state index in [1.165, 1.54) is 5.56 Å². The van der Waals surface area contributed by atoms with E-state index in [2.05, 4.69) is 20.9 Å². The average molecular weight is 381 g/mol. The minimum absolute atomic E-state index is 0.0239. The van der Waals surface area contributed by atoms with Crippen molar-refractivity contribution in [3.05, 3.63) is 70.2 Å². The minimum Gasteiger partial charge on any atom is -0.487 e. The van der Waals surface area contributed by atoms with Crippen LogP contribution in [0.4, 0.5) is 4.39 Å². The van der Waals surface area contributed by atoms with Crippen molar-refractivity contribution in [1.82, 2.24) is 14.9 Å². The van der Waals surface area contributed by atoms with Gasteiger partial charge < -0.3 is 9.72 Å². The maximum Gasteiger partial charge on any atom is 0.255 e. The molecule has 6 heteroatoms.